The van der Waals surface area contributed by atoms with Crippen LogP contribution >= 0.6 is 0 Å². The van der Waals surface area contributed by atoms with Crippen molar-refractivity contribution in [2.75, 3.05) is 0 Å². The van der Waals surface area contributed by atoms with E-state index in [-0.39, 0.29) is 25.5 Å². The molecule has 0 saturated carbocycles. The first-order valence-corrected chi connectivity index (χ1v) is 25.9. The van der Waals surface area contributed by atoms with Crippen molar-refractivity contribution in [1.82, 2.24) is 19.5 Å². The summed E-state index contributed by atoms with van der Waals surface area (Å²) in [6.07, 6.45) is 2.35. The van der Waals surface area contributed by atoms with Gasteiger partial charge in [-0.05, 0) is 73.4 Å². The van der Waals surface area contributed by atoms with Gasteiger partial charge in [0.25, 0.3) is 0 Å². The van der Waals surface area contributed by atoms with Crippen LogP contribution in [0, 0.1) is 17.5 Å². The number of nitrogens with zero attached hydrogens (tertiary/aromatic N) is 4. The van der Waals surface area contributed by atoms with Gasteiger partial charge in [-0.25, -0.2) is 4.98 Å². The van der Waals surface area contributed by atoms with E-state index in [1.807, 2.05) is 75.6 Å². The number of rotatable bonds is 5. The van der Waals surface area contributed by atoms with Gasteiger partial charge in [0.1, 0.15) is 0 Å². The molecule has 5 nitrogen and oxygen atoms in total. The Kier molecular flexibility index (Phi) is 11.0. The summed E-state index contributed by atoms with van der Waals surface area (Å²) < 4.78 is 26.3. The quantitative estimate of drug-likeness (QED) is 0.0979. The fourth-order valence-electron chi connectivity index (χ4n) is 8.96. The molecule has 7 aromatic carbocycles. The molecule has 0 aliphatic rings. The first kappa shape index (κ1) is 42.4. The first-order valence-electron chi connectivity index (χ1n) is 23.4. The average Bonchev–Trinajstić information content (AvgIpc) is 3.90. The maximum atomic E-state index is 8.75. The fraction of sp³-hybridized carbons (Fsp3) is 0.203. The Balaban J connectivity index is 0.000000205. The number of hydrogen-bond donors (Lipinski definition) is 0. The van der Waals surface area contributed by atoms with Gasteiger partial charge in [-0.3, -0.25) is 4.98 Å². The zero-order valence-corrected chi connectivity index (χ0v) is 42.4. The van der Waals surface area contributed by atoms with Gasteiger partial charge in [0.15, 0.2) is 0 Å². The molecular formula is C59H54IrN4OSi-2. The molecule has 0 saturated heterocycles. The van der Waals surface area contributed by atoms with E-state index in [9.17, 15) is 0 Å². The zero-order valence-electron chi connectivity index (χ0n) is 41.0. The van der Waals surface area contributed by atoms with Crippen molar-refractivity contribution in [1.29, 1.82) is 0 Å². The summed E-state index contributed by atoms with van der Waals surface area (Å²) in [6, 6.07) is 54.9. The van der Waals surface area contributed by atoms with Crippen LogP contribution in [0.3, 0.4) is 0 Å². The molecule has 0 fully saturated rings. The van der Waals surface area contributed by atoms with E-state index in [0.29, 0.717) is 5.71 Å². The van der Waals surface area contributed by atoms with Crippen molar-refractivity contribution in [2.24, 2.45) is 5.41 Å². The summed E-state index contributed by atoms with van der Waals surface area (Å²) in [7, 11) is -1.70. The maximum Gasteiger partial charge on any atom is 0.216 e. The molecule has 1 radical (unpaired) electrons. The second-order valence-corrected chi connectivity index (χ2v) is 25.2. The molecule has 0 amide bonds. The molecular weight excluding hydrogens is 1000 g/mol. The molecule has 7 heteroatoms. The van der Waals surface area contributed by atoms with Crippen molar-refractivity contribution in [3.05, 3.63) is 175 Å². The minimum Gasteiger partial charge on any atom is -0.486 e. The standard InChI is InChI=1S/C40H28N3O.C19H26NSi.Ir/c1-40(2,3)26-16-18-27(19-17-26)43-34-22-21-30-28-11-6-4-9-24(28)15-20-31(30)36(34)42-38(43)33-14-8-13-32-35-29-12-7-5-10-25(29)23-41-39(35)44-37(32)33;1-19(2,3)13-16-12-17(15-10-8-7-9-11-15)20-14-18(16)21(4,5)6;/h4-13,15-23H,1-3H3;7-10,12,14H,13H2,1-6H3;/q2*-1;/i;13D2;. The van der Waals surface area contributed by atoms with Crippen LogP contribution in [-0.4, -0.2) is 27.6 Å². The third kappa shape index (κ3) is 8.41. The predicted octanol–water partition coefficient (Wildman–Crippen LogP) is 15.2. The summed E-state index contributed by atoms with van der Waals surface area (Å²) >= 11 is 0. The van der Waals surface area contributed by atoms with E-state index in [0.717, 1.165) is 82.6 Å². The molecule has 0 N–H and O–H groups in total. The van der Waals surface area contributed by atoms with Gasteiger partial charge in [-0.2, -0.15) is 0 Å². The first-order chi connectivity index (χ1) is 31.9. The summed E-state index contributed by atoms with van der Waals surface area (Å²) in [5.41, 5.74) is 8.54. The van der Waals surface area contributed by atoms with Crippen LogP contribution in [0.25, 0.3) is 93.8 Å². The Morgan fingerprint density at radius 2 is 1.38 bits per heavy atom. The Morgan fingerprint density at radius 1 is 0.667 bits per heavy atom. The van der Waals surface area contributed by atoms with Crippen LogP contribution in [0.1, 0.15) is 55.4 Å². The Hall–Kier alpha value is -6.24. The third-order valence-electron chi connectivity index (χ3n) is 12.2. The number of pyridine rings is 2. The molecule has 11 aromatic rings. The van der Waals surface area contributed by atoms with Gasteiger partial charge in [0.2, 0.25) is 5.71 Å². The van der Waals surface area contributed by atoms with Gasteiger partial charge in [-0.15, -0.1) is 54.1 Å². The zero-order chi connectivity index (χ0) is 47.0. The van der Waals surface area contributed by atoms with Crippen LogP contribution in [0.5, 0.6) is 0 Å². The Morgan fingerprint density at radius 3 is 2.09 bits per heavy atom. The number of benzene rings is 7. The number of furan rings is 1. The van der Waals surface area contributed by atoms with Gasteiger partial charge in [-0.1, -0.05) is 163 Å². The van der Waals surface area contributed by atoms with Gasteiger partial charge in [0, 0.05) is 57.1 Å². The molecule has 0 aliphatic carbocycles. The van der Waals surface area contributed by atoms with Crippen molar-refractivity contribution >= 4 is 78.7 Å². The van der Waals surface area contributed by atoms with E-state index in [1.54, 1.807) is 0 Å². The largest absolute Gasteiger partial charge is 0.486 e. The second kappa shape index (κ2) is 17.2. The summed E-state index contributed by atoms with van der Waals surface area (Å²) in [4.78, 5) is 14.7. The molecule has 4 heterocycles. The molecule has 0 atom stereocenters. The van der Waals surface area contributed by atoms with E-state index >= 15 is 0 Å². The molecule has 0 aliphatic heterocycles. The van der Waals surface area contributed by atoms with E-state index in [1.165, 1.54) is 21.7 Å². The summed E-state index contributed by atoms with van der Waals surface area (Å²) in [5.74, 6) is 0.790. The minimum atomic E-state index is -1.70. The minimum absolute atomic E-state index is 0. The normalized spacial score (nSPS) is 12.9. The monoisotopic (exact) mass is 1060 g/mol. The third-order valence-corrected chi connectivity index (χ3v) is 14.2. The van der Waals surface area contributed by atoms with Gasteiger partial charge in [0.05, 0.1) is 30.5 Å². The maximum absolute atomic E-state index is 8.75. The van der Waals surface area contributed by atoms with E-state index in [2.05, 4.69) is 159 Å². The molecule has 66 heavy (non-hydrogen) atoms. The van der Waals surface area contributed by atoms with Gasteiger partial charge >= 0.3 is 0 Å². The van der Waals surface area contributed by atoms with Crippen molar-refractivity contribution in [2.45, 2.75) is 73.0 Å². The Bertz CT molecular complexity index is 3670. The Labute approximate surface area is 405 Å². The number of fused-ring (bicyclic) bond motifs is 10. The summed E-state index contributed by atoms with van der Waals surface area (Å²) in [6.45, 7) is 19.3. The average molecular weight is 1060 g/mol. The van der Waals surface area contributed by atoms with E-state index < -0.39 is 19.9 Å². The van der Waals surface area contributed by atoms with Crippen molar-refractivity contribution < 1.29 is 27.3 Å². The second-order valence-electron chi connectivity index (χ2n) is 20.1. The van der Waals surface area contributed by atoms with Gasteiger partial charge < -0.3 is 14.0 Å². The number of imidazole rings is 1. The van der Waals surface area contributed by atoms with Crippen LogP contribution in [0.2, 0.25) is 19.6 Å². The molecule has 331 valence electrons. The molecule has 0 bridgehead atoms. The topological polar surface area (TPSA) is 56.7 Å². The smallest absolute Gasteiger partial charge is 0.216 e. The van der Waals surface area contributed by atoms with Crippen LogP contribution < -0.4 is 5.19 Å². The SMILES string of the molecule is CC(C)(C)c1ccc(-n2c(-c3[c-]ccc4c3oc3ncc5ccccc5c34)nc3c4ccc5ccccc5c4ccc32)cc1.[2H]C([2H])(c1cc(-c2[c-]cccc2)ncc1[Si](C)(C)C)C(C)(C)C.[Ir]. The van der Waals surface area contributed by atoms with Crippen LogP contribution in [-0.2, 0) is 31.9 Å². The van der Waals surface area contributed by atoms with E-state index in [4.69, 9.17) is 17.1 Å². The number of aromatic nitrogens is 4. The number of hydrogen-bond acceptors (Lipinski definition) is 4. The molecule has 0 spiro atoms. The van der Waals surface area contributed by atoms with Crippen LogP contribution in [0.4, 0.5) is 0 Å². The van der Waals surface area contributed by atoms with Crippen molar-refractivity contribution in [3.63, 3.8) is 0 Å². The fourth-order valence-corrected chi connectivity index (χ4v) is 10.4. The molecule has 0 unspecified atom stereocenters. The predicted molar refractivity (Wildman–Crippen MR) is 276 cm³/mol. The van der Waals surface area contributed by atoms with Crippen LogP contribution in [0.15, 0.2) is 156 Å². The molecule has 4 aromatic heterocycles. The van der Waals surface area contributed by atoms with Crippen molar-refractivity contribution in [3.8, 4) is 28.3 Å². The summed E-state index contributed by atoms with van der Waals surface area (Å²) in [5, 5.41) is 10.1. The molecule has 11 rings (SSSR count).